The average molecular weight is 594 g/mol. The number of carbonyl (C=O) groups is 1. The lowest BCUT2D eigenvalue weighted by atomic mass is 9.85. The number of aromatic nitrogens is 5. The summed E-state index contributed by atoms with van der Waals surface area (Å²) in [5.41, 5.74) is 4.49. The first-order chi connectivity index (χ1) is 21.4. The maximum Gasteiger partial charge on any atom is 0.278 e. The minimum absolute atomic E-state index is 0.225. The highest BCUT2D eigenvalue weighted by Crippen LogP contribution is 2.38. The molecule has 2 N–H and O–H groups in total. The summed E-state index contributed by atoms with van der Waals surface area (Å²) in [5, 5.41) is 14.9. The highest BCUT2D eigenvalue weighted by molar-refractivity contribution is 5.77. The predicted octanol–water partition coefficient (Wildman–Crippen LogP) is 4.57. The second-order valence-corrected chi connectivity index (χ2v) is 12.5. The van der Waals surface area contributed by atoms with Crippen molar-refractivity contribution in [3.63, 3.8) is 0 Å². The van der Waals surface area contributed by atoms with Gasteiger partial charge >= 0.3 is 0 Å². The minimum Gasteiger partial charge on any atom is -0.384 e. The lowest BCUT2D eigenvalue weighted by molar-refractivity contribution is -0.112. The molecule has 1 aromatic carbocycles. The molecule has 228 valence electrons. The van der Waals surface area contributed by atoms with Gasteiger partial charge in [0.2, 0.25) is 5.95 Å². The number of allylic oxidation sites excluding steroid dienone is 1. The van der Waals surface area contributed by atoms with E-state index in [-0.39, 0.29) is 18.0 Å². The third kappa shape index (κ3) is 4.95. The molecule has 7 rings (SSSR count). The Bertz CT molecular complexity index is 1800. The van der Waals surface area contributed by atoms with Crippen molar-refractivity contribution in [2.75, 3.05) is 11.9 Å². The van der Waals surface area contributed by atoms with Crippen molar-refractivity contribution in [3.8, 4) is 5.82 Å². The lowest BCUT2D eigenvalue weighted by Gasteiger charge is -2.38. The van der Waals surface area contributed by atoms with E-state index < -0.39 is 5.60 Å². The zero-order valence-electron chi connectivity index (χ0n) is 25.2. The maximum atomic E-state index is 13.4. The second-order valence-electron chi connectivity index (χ2n) is 12.5. The summed E-state index contributed by atoms with van der Waals surface area (Å²) >= 11 is 0. The summed E-state index contributed by atoms with van der Waals surface area (Å²) in [7, 11) is 0. The van der Waals surface area contributed by atoms with Gasteiger partial charge < -0.3 is 15.2 Å². The first kappa shape index (κ1) is 28.6. The number of anilines is 2. The van der Waals surface area contributed by atoms with Gasteiger partial charge in [0.05, 0.1) is 12.2 Å². The van der Waals surface area contributed by atoms with E-state index in [1.165, 1.54) is 11.1 Å². The standard InChI is InChI=1S/C34H39N7O3/c1-3-16-40-32(43)28-19-35-33(38-31(28)41(40)29-12-8-23-13-15-34(44,4-2)30(23)37-29)36-26-9-7-25-20-39(17-14-24(25)18-26)27-10-5-22(21-42)6-11-27/h3,7-9,12,18-19,21-22,27,44H,1,4-6,10-11,13-17,20H2,2H3,(H,35,36,38)/t22?,27?,34-/m1/s1. The molecule has 4 aromatic rings. The molecule has 4 heterocycles. The maximum absolute atomic E-state index is 13.4. The van der Waals surface area contributed by atoms with Crippen LogP contribution in [0.15, 0.2) is 54.0 Å². The van der Waals surface area contributed by atoms with Crippen LogP contribution in [0.1, 0.15) is 67.8 Å². The van der Waals surface area contributed by atoms with E-state index in [0.29, 0.717) is 47.4 Å². The van der Waals surface area contributed by atoms with Gasteiger partial charge in [0, 0.05) is 36.9 Å². The van der Waals surface area contributed by atoms with E-state index in [0.717, 1.165) is 69.2 Å². The van der Waals surface area contributed by atoms with Crippen LogP contribution in [0.4, 0.5) is 11.6 Å². The number of carbonyl (C=O) groups excluding carboxylic acids is 1. The summed E-state index contributed by atoms with van der Waals surface area (Å²) in [6.45, 7) is 8.02. The van der Waals surface area contributed by atoms with E-state index in [1.807, 2.05) is 19.1 Å². The Kier molecular flexibility index (Phi) is 7.42. The monoisotopic (exact) mass is 593 g/mol. The normalized spacial score (nSPS) is 23.3. The van der Waals surface area contributed by atoms with Crippen LogP contribution in [0.25, 0.3) is 16.9 Å². The van der Waals surface area contributed by atoms with E-state index >= 15 is 0 Å². The van der Waals surface area contributed by atoms with Crippen LogP contribution in [0.5, 0.6) is 0 Å². The van der Waals surface area contributed by atoms with Crippen molar-refractivity contribution in [3.05, 3.63) is 81.9 Å². The second kappa shape index (κ2) is 11.4. The van der Waals surface area contributed by atoms with Crippen molar-refractivity contribution < 1.29 is 9.90 Å². The molecule has 1 saturated carbocycles. The van der Waals surface area contributed by atoms with Crippen molar-refractivity contribution in [1.82, 2.24) is 29.2 Å². The molecule has 0 unspecified atom stereocenters. The third-order valence-corrected chi connectivity index (χ3v) is 9.95. The van der Waals surface area contributed by atoms with E-state index in [1.54, 1.807) is 21.6 Å². The van der Waals surface area contributed by atoms with Crippen LogP contribution in [-0.2, 0) is 36.3 Å². The number of nitrogens with one attached hydrogen (secondary N) is 1. The highest BCUT2D eigenvalue weighted by atomic mass is 16.3. The van der Waals surface area contributed by atoms with Gasteiger partial charge in [-0.05, 0) is 86.3 Å². The largest absolute Gasteiger partial charge is 0.384 e. The van der Waals surface area contributed by atoms with Crippen molar-refractivity contribution >= 4 is 29.0 Å². The van der Waals surface area contributed by atoms with E-state index in [9.17, 15) is 14.7 Å². The molecule has 10 heteroatoms. The molecule has 3 aliphatic rings. The van der Waals surface area contributed by atoms with Crippen LogP contribution >= 0.6 is 0 Å². The molecule has 3 aromatic heterocycles. The number of aryl methyl sites for hydroxylation is 1. The Morgan fingerprint density at radius 2 is 1.91 bits per heavy atom. The molecule has 0 radical (unpaired) electrons. The van der Waals surface area contributed by atoms with Crippen molar-refractivity contribution in [2.24, 2.45) is 5.92 Å². The first-order valence-electron chi connectivity index (χ1n) is 15.8. The number of benzene rings is 1. The van der Waals surface area contributed by atoms with Gasteiger partial charge in [-0.15, -0.1) is 6.58 Å². The fraction of sp³-hybridized carbons (Fsp3) is 0.441. The fourth-order valence-corrected chi connectivity index (χ4v) is 7.31. The molecule has 1 fully saturated rings. The molecule has 10 nitrogen and oxygen atoms in total. The molecule has 0 amide bonds. The summed E-state index contributed by atoms with van der Waals surface area (Å²) in [6, 6.07) is 10.8. The Hall–Kier alpha value is -4.15. The number of aldehydes is 1. The topological polar surface area (TPSA) is 118 Å². The number of hydrogen-bond donors (Lipinski definition) is 2. The molecule has 1 atom stereocenters. The van der Waals surface area contributed by atoms with Gasteiger partial charge in [0.1, 0.15) is 17.3 Å². The van der Waals surface area contributed by atoms with Crippen LogP contribution < -0.4 is 10.9 Å². The van der Waals surface area contributed by atoms with Gasteiger partial charge in [-0.25, -0.2) is 19.3 Å². The SMILES string of the molecule is C=CCn1c(=O)c2cnc(Nc3ccc4c(c3)CCN(C3CCC(C=O)CC3)C4)nc2n1-c1ccc2c(n1)[C@@](O)(CC)CC2. The third-order valence-electron chi connectivity index (χ3n) is 9.95. The van der Waals surface area contributed by atoms with E-state index in [4.69, 9.17) is 9.97 Å². The molecule has 1 aliphatic heterocycles. The number of pyridine rings is 1. The zero-order chi connectivity index (χ0) is 30.4. The van der Waals surface area contributed by atoms with Gasteiger partial charge in [-0.3, -0.25) is 9.69 Å². The number of aliphatic hydroxyl groups is 1. The molecular formula is C34H39N7O3. The van der Waals surface area contributed by atoms with Crippen LogP contribution in [0.2, 0.25) is 0 Å². The summed E-state index contributed by atoms with van der Waals surface area (Å²) < 4.78 is 3.27. The molecule has 0 spiro atoms. The molecule has 2 aliphatic carbocycles. The van der Waals surface area contributed by atoms with Crippen LogP contribution in [0, 0.1) is 5.92 Å². The number of nitrogens with zero attached hydrogens (tertiary/aromatic N) is 6. The number of rotatable bonds is 8. The summed E-state index contributed by atoms with van der Waals surface area (Å²) in [4.78, 5) is 41.4. The number of hydrogen-bond acceptors (Lipinski definition) is 8. The minimum atomic E-state index is -0.973. The highest BCUT2D eigenvalue weighted by Gasteiger charge is 2.37. The Morgan fingerprint density at radius 1 is 1.09 bits per heavy atom. The Morgan fingerprint density at radius 3 is 2.68 bits per heavy atom. The van der Waals surface area contributed by atoms with Crippen LogP contribution in [0.3, 0.4) is 0 Å². The lowest BCUT2D eigenvalue weighted by Crippen LogP contribution is -2.41. The molecular weight excluding hydrogens is 554 g/mol. The van der Waals surface area contributed by atoms with Gasteiger partial charge in [-0.2, -0.15) is 4.98 Å². The summed E-state index contributed by atoms with van der Waals surface area (Å²) in [6.07, 6.45) is 11.5. The first-order valence-corrected chi connectivity index (χ1v) is 15.8. The van der Waals surface area contributed by atoms with Gasteiger partial charge in [0.25, 0.3) is 5.56 Å². The Labute approximate surface area is 256 Å². The fourth-order valence-electron chi connectivity index (χ4n) is 7.31. The van der Waals surface area contributed by atoms with Crippen LogP contribution in [-0.4, -0.2) is 53.2 Å². The average Bonchev–Trinajstić information content (AvgIpc) is 3.54. The molecule has 0 saturated heterocycles. The quantitative estimate of drug-likeness (QED) is 0.225. The predicted molar refractivity (Wildman–Crippen MR) is 169 cm³/mol. The Balaban J connectivity index is 1.17. The smallest absolute Gasteiger partial charge is 0.278 e. The molecule has 44 heavy (non-hydrogen) atoms. The van der Waals surface area contributed by atoms with Crippen molar-refractivity contribution in [1.29, 1.82) is 0 Å². The molecule has 0 bridgehead atoms. The summed E-state index contributed by atoms with van der Waals surface area (Å²) in [5.74, 6) is 1.14. The zero-order valence-corrected chi connectivity index (χ0v) is 25.2. The van der Waals surface area contributed by atoms with Crippen molar-refractivity contribution in [2.45, 2.75) is 83.0 Å². The van der Waals surface area contributed by atoms with Gasteiger partial charge in [-0.1, -0.05) is 25.1 Å². The number of fused-ring (bicyclic) bond motifs is 3. The van der Waals surface area contributed by atoms with E-state index in [2.05, 4.69) is 40.0 Å². The van der Waals surface area contributed by atoms with Gasteiger partial charge in [0.15, 0.2) is 11.5 Å².